The van der Waals surface area contributed by atoms with E-state index in [0.717, 1.165) is 30.1 Å². The first kappa shape index (κ1) is 25.3. The molecule has 5 rings (SSSR count). The van der Waals surface area contributed by atoms with E-state index in [1.807, 2.05) is 45.0 Å². The van der Waals surface area contributed by atoms with Crippen LogP contribution >= 0.6 is 24.0 Å². The Balaban J connectivity index is 1.51. The number of thioether (sulfide) groups is 1. The van der Waals surface area contributed by atoms with E-state index in [-0.39, 0.29) is 17.5 Å². The SMILES string of the molecule is COc1ccc(N2CCN(c3nc4ccc(C)cn4c(=O)c3C=C3SC(=S)N(C(C)C)C3=O)CC2)cc1. The molecule has 10 heteroatoms. The van der Waals surface area contributed by atoms with Crippen LogP contribution in [0.4, 0.5) is 11.5 Å². The second-order valence-corrected chi connectivity index (χ2v) is 11.1. The normalized spacial score (nSPS) is 17.5. The predicted octanol–water partition coefficient (Wildman–Crippen LogP) is 3.95. The van der Waals surface area contributed by atoms with Gasteiger partial charge in [0.05, 0.1) is 17.6 Å². The van der Waals surface area contributed by atoms with Gasteiger partial charge in [-0.05, 0) is 62.7 Å². The summed E-state index contributed by atoms with van der Waals surface area (Å²) in [6, 6.07) is 11.8. The molecular weight excluding hydrogens is 506 g/mol. The molecule has 2 aliphatic rings. The second-order valence-electron chi connectivity index (χ2n) is 9.41. The molecule has 8 nitrogen and oxygen atoms in total. The zero-order chi connectivity index (χ0) is 26.3. The summed E-state index contributed by atoms with van der Waals surface area (Å²) in [6.07, 6.45) is 3.46. The third-order valence-corrected chi connectivity index (χ3v) is 7.95. The zero-order valence-electron chi connectivity index (χ0n) is 21.3. The number of anilines is 2. The molecule has 2 aromatic heterocycles. The first-order chi connectivity index (χ1) is 17.8. The lowest BCUT2D eigenvalue weighted by Gasteiger charge is -2.37. The van der Waals surface area contributed by atoms with E-state index in [9.17, 15) is 9.59 Å². The van der Waals surface area contributed by atoms with Crippen LogP contribution < -0.4 is 20.1 Å². The van der Waals surface area contributed by atoms with Crippen LogP contribution in [0.15, 0.2) is 52.3 Å². The largest absolute Gasteiger partial charge is 0.497 e. The van der Waals surface area contributed by atoms with E-state index in [1.54, 1.807) is 28.7 Å². The second kappa shape index (κ2) is 10.2. The highest BCUT2D eigenvalue weighted by atomic mass is 32.2. The van der Waals surface area contributed by atoms with Crippen LogP contribution in [0.25, 0.3) is 11.7 Å². The van der Waals surface area contributed by atoms with Crippen molar-refractivity contribution in [3.8, 4) is 5.75 Å². The number of nitrogens with zero attached hydrogens (tertiary/aromatic N) is 5. The molecular formula is C27H29N5O3S2. The van der Waals surface area contributed by atoms with E-state index < -0.39 is 0 Å². The van der Waals surface area contributed by atoms with Gasteiger partial charge in [-0.3, -0.25) is 18.9 Å². The molecule has 0 N–H and O–H groups in total. The Morgan fingerprint density at radius 1 is 1.03 bits per heavy atom. The monoisotopic (exact) mass is 535 g/mol. The fourth-order valence-electron chi connectivity index (χ4n) is 4.64. The Kier molecular flexibility index (Phi) is 6.96. The molecule has 2 saturated heterocycles. The molecule has 1 amide bonds. The lowest BCUT2D eigenvalue weighted by Crippen LogP contribution is -2.47. The molecule has 3 aromatic rings. The van der Waals surface area contributed by atoms with Crippen molar-refractivity contribution < 1.29 is 9.53 Å². The van der Waals surface area contributed by atoms with Crippen molar-refractivity contribution in [2.75, 3.05) is 43.1 Å². The number of hydrogen-bond acceptors (Lipinski definition) is 8. The van der Waals surface area contributed by atoms with Gasteiger partial charge in [0.15, 0.2) is 0 Å². The van der Waals surface area contributed by atoms with Crippen LogP contribution in [-0.4, -0.2) is 63.8 Å². The number of carbonyl (C=O) groups excluding carboxylic acids is 1. The number of aromatic nitrogens is 2. The van der Waals surface area contributed by atoms with Gasteiger partial charge in [-0.15, -0.1) is 0 Å². The first-order valence-corrected chi connectivity index (χ1v) is 13.4. The number of benzene rings is 1. The van der Waals surface area contributed by atoms with Gasteiger partial charge in [0.25, 0.3) is 11.5 Å². The van der Waals surface area contributed by atoms with E-state index in [0.29, 0.717) is 39.3 Å². The maximum Gasteiger partial charge on any atom is 0.267 e. The predicted molar refractivity (Wildman–Crippen MR) is 154 cm³/mol. The van der Waals surface area contributed by atoms with Crippen LogP contribution in [-0.2, 0) is 4.79 Å². The van der Waals surface area contributed by atoms with Crippen molar-refractivity contribution in [3.63, 3.8) is 0 Å². The smallest absolute Gasteiger partial charge is 0.267 e. The number of carbonyl (C=O) groups is 1. The summed E-state index contributed by atoms with van der Waals surface area (Å²) < 4.78 is 7.34. The van der Waals surface area contributed by atoms with E-state index in [1.165, 1.54) is 11.8 Å². The minimum atomic E-state index is -0.198. The molecule has 1 aromatic carbocycles. The van der Waals surface area contributed by atoms with Gasteiger partial charge in [0, 0.05) is 44.1 Å². The van der Waals surface area contributed by atoms with E-state index in [4.69, 9.17) is 21.9 Å². The zero-order valence-corrected chi connectivity index (χ0v) is 22.9. The first-order valence-electron chi connectivity index (χ1n) is 12.2. The number of hydrogen-bond donors (Lipinski definition) is 0. The average Bonchev–Trinajstić information content (AvgIpc) is 3.18. The van der Waals surface area contributed by atoms with Crippen LogP contribution in [0.1, 0.15) is 25.0 Å². The van der Waals surface area contributed by atoms with Gasteiger partial charge in [-0.2, -0.15) is 0 Å². The quantitative estimate of drug-likeness (QED) is 0.359. The molecule has 0 bridgehead atoms. The Labute approximate surface area is 225 Å². The molecule has 0 atom stereocenters. The van der Waals surface area contributed by atoms with Crippen LogP contribution in [0.2, 0.25) is 0 Å². The molecule has 0 saturated carbocycles. The number of piperazine rings is 1. The van der Waals surface area contributed by atoms with Gasteiger partial charge in [-0.1, -0.05) is 30.0 Å². The Morgan fingerprint density at radius 2 is 1.70 bits per heavy atom. The molecule has 2 aliphatic heterocycles. The van der Waals surface area contributed by atoms with Crippen molar-refractivity contribution in [2.45, 2.75) is 26.8 Å². The molecule has 37 heavy (non-hydrogen) atoms. The maximum atomic E-state index is 13.7. The summed E-state index contributed by atoms with van der Waals surface area (Å²) in [7, 11) is 1.66. The average molecular weight is 536 g/mol. The summed E-state index contributed by atoms with van der Waals surface area (Å²) in [6.45, 7) is 8.72. The fraction of sp³-hybridized carbons (Fsp3) is 0.333. The summed E-state index contributed by atoms with van der Waals surface area (Å²) in [5.74, 6) is 1.25. The molecule has 0 spiro atoms. The summed E-state index contributed by atoms with van der Waals surface area (Å²) in [4.78, 5) is 38.2. The fourth-order valence-corrected chi connectivity index (χ4v) is 6.15. The topological polar surface area (TPSA) is 70.4 Å². The van der Waals surface area contributed by atoms with Gasteiger partial charge >= 0.3 is 0 Å². The van der Waals surface area contributed by atoms with Crippen LogP contribution in [0.3, 0.4) is 0 Å². The number of fused-ring (bicyclic) bond motifs is 1. The lowest BCUT2D eigenvalue weighted by atomic mass is 10.2. The highest BCUT2D eigenvalue weighted by Gasteiger charge is 2.34. The Bertz CT molecular complexity index is 1460. The Hall–Kier alpha value is -3.37. The van der Waals surface area contributed by atoms with Crippen molar-refractivity contribution in [3.05, 3.63) is 69.0 Å². The van der Waals surface area contributed by atoms with Gasteiger partial charge in [-0.25, -0.2) is 4.98 Å². The standard InChI is InChI=1S/C27H29N5O3S2/c1-17(2)32-26(34)22(37-27(32)36)15-21-24(28-23-10-5-18(3)16-31(23)25(21)33)30-13-11-29(12-14-30)19-6-8-20(35-4)9-7-19/h5-10,15-17H,11-14H2,1-4H3. The van der Waals surface area contributed by atoms with Crippen molar-refractivity contribution in [1.82, 2.24) is 14.3 Å². The maximum absolute atomic E-state index is 13.7. The summed E-state index contributed by atoms with van der Waals surface area (Å²) in [5, 5.41) is 0. The molecule has 0 unspecified atom stereocenters. The molecule has 4 heterocycles. The molecule has 0 aliphatic carbocycles. The molecule has 0 radical (unpaired) electrons. The number of aryl methyl sites for hydroxylation is 1. The van der Waals surface area contributed by atoms with Crippen molar-refractivity contribution in [2.24, 2.45) is 0 Å². The number of methoxy groups -OCH3 is 1. The van der Waals surface area contributed by atoms with Crippen molar-refractivity contribution in [1.29, 1.82) is 0 Å². The van der Waals surface area contributed by atoms with Crippen molar-refractivity contribution >= 4 is 57.4 Å². The lowest BCUT2D eigenvalue weighted by molar-refractivity contribution is -0.123. The molecule has 192 valence electrons. The van der Waals surface area contributed by atoms with E-state index >= 15 is 0 Å². The van der Waals surface area contributed by atoms with Crippen LogP contribution in [0.5, 0.6) is 5.75 Å². The van der Waals surface area contributed by atoms with Gasteiger partial charge in [0.1, 0.15) is 21.5 Å². The third kappa shape index (κ3) is 4.83. The third-order valence-electron chi connectivity index (χ3n) is 6.62. The van der Waals surface area contributed by atoms with Crippen LogP contribution in [0, 0.1) is 6.92 Å². The van der Waals surface area contributed by atoms with E-state index in [2.05, 4.69) is 21.9 Å². The Morgan fingerprint density at radius 3 is 2.32 bits per heavy atom. The summed E-state index contributed by atoms with van der Waals surface area (Å²) >= 11 is 6.69. The summed E-state index contributed by atoms with van der Waals surface area (Å²) in [5.41, 5.74) is 2.87. The van der Waals surface area contributed by atoms with Gasteiger partial charge in [0.2, 0.25) is 0 Å². The number of amides is 1. The minimum absolute atomic E-state index is 0.0534. The highest BCUT2D eigenvalue weighted by molar-refractivity contribution is 8.26. The molecule has 2 fully saturated rings. The van der Waals surface area contributed by atoms with Gasteiger partial charge < -0.3 is 14.5 Å². The number of pyridine rings is 1. The highest BCUT2D eigenvalue weighted by Crippen LogP contribution is 2.35. The number of thiocarbonyl (C=S) groups is 1. The number of ether oxygens (including phenoxy) is 1. The number of rotatable bonds is 5. The minimum Gasteiger partial charge on any atom is -0.497 e.